The van der Waals surface area contributed by atoms with E-state index in [-0.39, 0.29) is 0 Å². The van der Waals surface area contributed by atoms with E-state index >= 15 is 0 Å². The van der Waals surface area contributed by atoms with Crippen LogP contribution in [-0.4, -0.2) is 0 Å². The highest BCUT2D eigenvalue weighted by molar-refractivity contribution is 6.15. The van der Waals surface area contributed by atoms with Crippen LogP contribution in [0.1, 0.15) is 0 Å². The molecule has 0 radical (unpaired) electrons. The molecule has 50 heavy (non-hydrogen) atoms. The second-order valence-electron chi connectivity index (χ2n) is 12.9. The molecule has 0 aliphatic rings. The van der Waals surface area contributed by atoms with E-state index in [0.29, 0.717) is 0 Å². The van der Waals surface area contributed by atoms with Crippen LogP contribution < -0.4 is 4.90 Å². The Labute approximate surface area is 290 Å². The van der Waals surface area contributed by atoms with Gasteiger partial charge in [0, 0.05) is 27.4 Å². The van der Waals surface area contributed by atoms with E-state index in [4.69, 9.17) is 4.42 Å². The summed E-state index contributed by atoms with van der Waals surface area (Å²) in [6.45, 7) is 0. The number of rotatable bonds is 5. The zero-order chi connectivity index (χ0) is 33.0. The molecule has 0 aliphatic carbocycles. The Bertz CT molecular complexity index is 2890. The third-order valence-corrected chi connectivity index (χ3v) is 10.0. The summed E-state index contributed by atoms with van der Waals surface area (Å²) >= 11 is 0. The fourth-order valence-electron chi connectivity index (χ4n) is 7.72. The standard InChI is InChI=1S/C48H31NO/c1-3-18-37-32(13-1)15-12-24-38(37)33-16-11-17-34(29-33)40-20-7-9-25-45(40)49(36-27-28-48-44(31-36)43-23-8-10-26-47(43)50-48)46-30-35-14-2-4-19-39(35)41-21-5-6-22-42(41)46/h1-31H. The van der Waals surface area contributed by atoms with Gasteiger partial charge in [-0.15, -0.1) is 0 Å². The van der Waals surface area contributed by atoms with Crippen LogP contribution in [0, 0.1) is 0 Å². The normalized spacial score (nSPS) is 11.6. The highest BCUT2D eigenvalue weighted by Crippen LogP contribution is 2.47. The van der Waals surface area contributed by atoms with Gasteiger partial charge in [-0.1, -0.05) is 146 Å². The van der Waals surface area contributed by atoms with Crippen molar-refractivity contribution in [2.45, 2.75) is 0 Å². The summed E-state index contributed by atoms with van der Waals surface area (Å²) in [6, 6.07) is 67.7. The Hall–Kier alpha value is -6.64. The van der Waals surface area contributed by atoms with Gasteiger partial charge in [0.05, 0.1) is 11.4 Å². The van der Waals surface area contributed by atoms with Crippen LogP contribution in [0.2, 0.25) is 0 Å². The first-order valence-electron chi connectivity index (χ1n) is 17.1. The predicted molar refractivity (Wildman–Crippen MR) is 212 cm³/mol. The number of fused-ring (bicyclic) bond motifs is 7. The average molecular weight is 638 g/mol. The second kappa shape index (κ2) is 11.5. The highest BCUT2D eigenvalue weighted by Gasteiger charge is 2.22. The fraction of sp³-hybridized carbons (Fsp3) is 0. The van der Waals surface area contributed by atoms with Crippen molar-refractivity contribution in [3.63, 3.8) is 0 Å². The Morgan fingerprint density at radius 2 is 0.920 bits per heavy atom. The molecule has 0 unspecified atom stereocenters. The molecular weight excluding hydrogens is 607 g/mol. The number of hydrogen-bond acceptors (Lipinski definition) is 2. The molecule has 0 amide bonds. The summed E-state index contributed by atoms with van der Waals surface area (Å²) in [6.07, 6.45) is 0. The van der Waals surface area contributed by atoms with Gasteiger partial charge in [-0.25, -0.2) is 0 Å². The lowest BCUT2D eigenvalue weighted by Crippen LogP contribution is -2.12. The monoisotopic (exact) mass is 637 g/mol. The molecule has 234 valence electrons. The van der Waals surface area contributed by atoms with Crippen LogP contribution in [0.3, 0.4) is 0 Å². The molecule has 0 bridgehead atoms. The molecule has 2 nitrogen and oxygen atoms in total. The molecule has 0 aliphatic heterocycles. The van der Waals surface area contributed by atoms with E-state index < -0.39 is 0 Å². The number of nitrogens with zero attached hydrogens (tertiary/aromatic N) is 1. The zero-order valence-electron chi connectivity index (χ0n) is 27.3. The van der Waals surface area contributed by atoms with Crippen LogP contribution in [0.25, 0.3) is 76.5 Å². The molecule has 10 rings (SSSR count). The zero-order valence-corrected chi connectivity index (χ0v) is 27.3. The third-order valence-electron chi connectivity index (χ3n) is 10.0. The number of anilines is 3. The molecule has 0 N–H and O–H groups in total. The fourth-order valence-corrected chi connectivity index (χ4v) is 7.72. The molecule has 0 atom stereocenters. The van der Waals surface area contributed by atoms with Crippen molar-refractivity contribution >= 4 is 71.3 Å². The van der Waals surface area contributed by atoms with Crippen molar-refractivity contribution < 1.29 is 4.42 Å². The van der Waals surface area contributed by atoms with Crippen molar-refractivity contribution in [3.8, 4) is 22.3 Å². The molecule has 9 aromatic carbocycles. The molecule has 0 fully saturated rings. The summed E-state index contributed by atoms with van der Waals surface area (Å²) in [5, 5.41) is 9.60. The minimum Gasteiger partial charge on any atom is -0.456 e. The van der Waals surface area contributed by atoms with E-state index in [0.717, 1.165) is 50.1 Å². The number of para-hydroxylation sites is 2. The van der Waals surface area contributed by atoms with Gasteiger partial charge >= 0.3 is 0 Å². The van der Waals surface area contributed by atoms with E-state index in [1.807, 2.05) is 12.1 Å². The van der Waals surface area contributed by atoms with Gasteiger partial charge in [-0.05, 0) is 86.1 Å². The molecule has 1 heterocycles. The summed E-state index contributed by atoms with van der Waals surface area (Å²) < 4.78 is 6.29. The van der Waals surface area contributed by atoms with Crippen molar-refractivity contribution in [2.24, 2.45) is 0 Å². The summed E-state index contributed by atoms with van der Waals surface area (Å²) in [5.74, 6) is 0. The topological polar surface area (TPSA) is 16.4 Å². The van der Waals surface area contributed by atoms with Crippen LogP contribution >= 0.6 is 0 Å². The lowest BCUT2D eigenvalue weighted by molar-refractivity contribution is 0.669. The summed E-state index contributed by atoms with van der Waals surface area (Å²) in [5.41, 5.74) is 9.84. The first kappa shape index (κ1) is 28.4. The number of hydrogen-bond donors (Lipinski definition) is 0. The van der Waals surface area contributed by atoms with Crippen molar-refractivity contribution in [1.29, 1.82) is 0 Å². The van der Waals surface area contributed by atoms with Gasteiger partial charge in [-0.3, -0.25) is 0 Å². The second-order valence-corrected chi connectivity index (χ2v) is 12.9. The maximum Gasteiger partial charge on any atom is 0.135 e. The summed E-state index contributed by atoms with van der Waals surface area (Å²) in [7, 11) is 0. The van der Waals surface area contributed by atoms with E-state index in [1.54, 1.807) is 0 Å². The average Bonchev–Trinajstić information content (AvgIpc) is 3.56. The van der Waals surface area contributed by atoms with Gasteiger partial charge in [0.15, 0.2) is 0 Å². The lowest BCUT2D eigenvalue weighted by Gasteiger charge is -2.29. The smallest absolute Gasteiger partial charge is 0.135 e. The molecule has 0 saturated heterocycles. The van der Waals surface area contributed by atoms with Crippen LogP contribution in [0.4, 0.5) is 17.1 Å². The van der Waals surface area contributed by atoms with Crippen molar-refractivity contribution in [3.05, 3.63) is 188 Å². The Kier molecular flexibility index (Phi) is 6.53. The van der Waals surface area contributed by atoms with E-state index in [2.05, 4.69) is 181 Å². The third kappa shape index (κ3) is 4.57. The number of benzene rings is 9. The SMILES string of the molecule is c1cc(-c2ccccc2N(c2ccc3oc4ccccc4c3c2)c2cc3ccccc3c3ccccc23)cc(-c2cccc3ccccc23)c1. The first-order valence-corrected chi connectivity index (χ1v) is 17.1. The Morgan fingerprint density at radius 1 is 0.320 bits per heavy atom. The van der Waals surface area contributed by atoms with Crippen molar-refractivity contribution in [1.82, 2.24) is 0 Å². The summed E-state index contributed by atoms with van der Waals surface area (Å²) in [4.78, 5) is 2.44. The lowest BCUT2D eigenvalue weighted by atomic mass is 9.94. The molecule has 1 aromatic heterocycles. The molecule has 10 aromatic rings. The Balaban J connectivity index is 1.24. The van der Waals surface area contributed by atoms with Crippen LogP contribution in [0.5, 0.6) is 0 Å². The van der Waals surface area contributed by atoms with Crippen molar-refractivity contribution in [2.75, 3.05) is 4.90 Å². The Morgan fingerprint density at radius 3 is 1.80 bits per heavy atom. The molecule has 2 heteroatoms. The maximum absolute atomic E-state index is 6.29. The first-order chi connectivity index (χ1) is 24.8. The van der Waals surface area contributed by atoms with Gasteiger partial charge in [0.2, 0.25) is 0 Å². The maximum atomic E-state index is 6.29. The number of furan rings is 1. The molecule has 0 spiro atoms. The highest BCUT2D eigenvalue weighted by atomic mass is 16.3. The van der Waals surface area contributed by atoms with Gasteiger partial charge in [0.25, 0.3) is 0 Å². The molecular formula is C48H31NO. The largest absolute Gasteiger partial charge is 0.456 e. The van der Waals surface area contributed by atoms with Gasteiger partial charge < -0.3 is 9.32 Å². The minimum atomic E-state index is 0.884. The quantitative estimate of drug-likeness (QED) is 0.175. The van der Waals surface area contributed by atoms with Gasteiger partial charge in [0.1, 0.15) is 11.2 Å². The van der Waals surface area contributed by atoms with Crippen LogP contribution in [-0.2, 0) is 0 Å². The van der Waals surface area contributed by atoms with E-state index in [1.165, 1.54) is 43.4 Å². The predicted octanol–water partition coefficient (Wildman–Crippen LogP) is 13.8. The van der Waals surface area contributed by atoms with Crippen LogP contribution in [0.15, 0.2) is 192 Å². The minimum absolute atomic E-state index is 0.884. The van der Waals surface area contributed by atoms with Gasteiger partial charge in [-0.2, -0.15) is 0 Å². The van der Waals surface area contributed by atoms with E-state index in [9.17, 15) is 0 Å². The molecule has 0 saturated carbocycles.